The number of carboxylic acids is 2. The van der Waals surface area contributed by atoms with E-state index in [1.165, 1.54) is 0 Å². The van der Waals surface area contributed by atoms with Crippen molar-refractivity contribution >= 4 is 36.2 Å². The van der Waals surface area contributed by atoms with Crippen molar-refractivity contribution in [1.82, 2.24) is 0 Å². The maximum Gasteiger partial charge on any atom is 0.373 e. The molecule has 204 valence electrons. The molecule has 2 saturated heterocycles. The molecule has 2 rings (SSSR count). The van der Waals surface area contributed by atoms with Gasteiger partial charge in [0.1, 0.15) is 12.7 Å². The van der Waals surface area contributed by atoms with E-state index in [9.17, 15) is 34.5 Å². The molecule has 36 heavy (non-hydrogen) atoms. The first-order valence-corrected chi connectivity index (χ1v) is 10.3. The molecule has 0 spiro atoms. The standard InChI is InChI=1S/2C9H14O6.2CO2/c1-2-3-4-8(13)7(12)15-5-9(8,14)6(10)11;1-2-3-4-9(8(13)14)6(11)5(10)7(12)15-9;2*2-1-3/h13-14H,2-5H2,1H3,(H,10,11);5-6,10-11H,2-4H2,1H3,(H,13,14);;/t8-,9+;5-,6-,9+;;/m00../s1. The molecule has 2 fully saturated rings. The van der Waals surface area contributed by atoms with Crippen LogP contribution in [0.4, 0.5) is 0 Å². The monoisotopic (exact) mass is 524 g/mol. The number of ether oxygens (including phenoxy) is 2. The van der Waals surface area contributed by atoms with E-state index in [2.05, 4.69) is 9.47 Å². The van der Waals surface area contributed by atoms with Crippen LogP contribution >= 0.6 is 0 Å². The van der Waals surface area contributed by atoms with Crippen LogP contribution in [0.25, 0.3) is 0 Å². The molecule has 0 bridgehead atoms. The Labute approximate surface area is 203 Å². The van der Waals surface area contributed by atoms with Gasteiger partial charge in [-0.1, -0.05) is 33.1 Å². The number of hydrogen-bond acceptors (Lipinski definition) is 14. The Kier molecular flexibility index (Phi) is 14.9. The molecule has 16 heteroatoms. The lowest BCUT2D eigenvalue weighted by Crippen LogP contribution is -2.60. The quantitative estimate of drug-likeness (QED) is 0.177. The minimum Gasteiger partial charge on any atom is -0.479 e. The van der Waals surface area contributed by atoms with Crippen molar-refractivity contribution in [3.05, 3.63) is 0 Å². The number of carboxylic acid groups (broad SMARTS) is 2. The van der Waals surface area contributed by atoms with E-state index in [0.717, 1.165) is 0 Å². The number of aliphatic hydroxyl groups is 4. The van der Waals surface area contributed by atoms with Crippen LogP contribution in [-0.4, -0.2) is 102 Å². The average molecular weight is 524 g/mol. The molecule has 0 unspecified atom stereocenters. The van der Waals surface area contributed by atoms with Gasteiger partial charge in [0.15, 0.2) is 6.10 Å². The Bertz CT molecular complexity index is 825. The van der Waals surface area contributed by atoms with Crippen LogP contribution in [0, 0.1) is 0 Å². The van der Waals surface area contributed by atoms with E-state index in [0.29, 0.717) is 25.7 Å². The van der Waals surface area contributed by atoms with E-state index in [-0.39, 0.29) is 25.1 Å². The predicted octanol–water partition coefficient (Wildman–Crippen LogP) is -2.61. The summed E-state index contributed by atoms with van der Waals surface area (Å²) in [5.41, 5.74) is -6.83. The van der Waals surface area contributed by atoms with Gasteiger partial charge in [-0.2, -0.15) is 19.2 Å². The Morgan fingerprint density at radius 2 is 1.36 bits per heavy atom. The fourth-order valence-electron chi connectivity index (χ4n) is 3.16. The van der Waals surface area contributed by atoms with Gasteiger partial charge < -0.3 is 40.1 Å². The van der Waals surface area contributed by atoms with Crippen molar-refractivity contribution in [2.75, 3.05) is 6.61 Å². The third kappa shape index (κ3) is 7.75. The van der Waals surface area contributed by atoms with E-state index < -0.39 is 59.5 Å². The lowest BCUT2D eigenvalue weighted by molar-refractivity contribution is -0.193. The van der Waals surface area contributed by atoms with Crippen molar-refractivity contribution in [2.24, 2.45) is 0 Å². The molecular weight excluding hydrogens is 496 g/mol. The number of carbonyl (C=O) groups excluding carboxylic acids is 6. The molecule has 16 nitrogen and oxygen atoms in total. The second kappa shape index (κ2) is 15.5. The SMILES string of the molecule is CCCC[C@@]1(C(=O)O)OC(=O)[C@@H](O)[C@@H]1O.CCCC[C@]1(O)C(=O)OC[C@@]1(O)C(=O)O.O=C=O.O=C=O. The number of aliphatic hydroxyl groups excluding tert-OH is 2. The largest absolute Gasteiger partial charge is 0.479 e. The summed E-state index contributed by atoms with van der Waals surface area (Å²) in [6.45, 7) is 2.96. The summed E-state index contributed by atoms with van der Waals surface area (Å²) in [5, 5.41) is 56.0. The van der Waals surface area contributed by atoms with Crippen molar-refractivity contribution in [1.29, 1.82) is 0 Å². The number of carbonyl (C=O) groups is 4. The summed E-state index contributed by atoms with van der Waals surface area (Å²) >= 11 is 0. The zero-order valence-corrected chi connectivity index (χ0v) is 19.4. The first kappa shape index (κ1) is 34.6. The second-order valence-electron chi connectivity index (χ2n) is 7.48. The minimum atomic E-state index is -2.53. The lowest BCUT2D eigenvalue weighted by Gasteiger charge is -2.29. The highest BCUT2D eigenvalue weighted by atomic mass is 16.6. The molecule has 0 saturated carbocycles. The fraction of sp³-hybridized carbons (Fsp3) is 0.700. The number of hydrogen-bond donors (Lipinski definition) is 6. The van der Waals surface area contributed by atoms with Gasteiger partial charge in [0, 0.05) is 6.42 Å². The summed E-state index contributed by atoms with van der Waals surface area (Å²) in [6.07, 6.45) is -0.786. The van der Waals surface area contributed by atoms with Crippen molar-refractivity contribution in [3.8, 4) is 0 Å². The first-order chi connectivity index (χ1) is 16.7. The van der Waals surface area contributed by atoms with Crippen LogP contribution in [0.3, 0.4) is 0 Å². The Hall–Kier alpha value is -3.52. The third-order valence-electron chi connectivity index (χ3n) is 5.24. The van der Waals surface area contributed by atoms with Crippen LogP contribution in [-0.2, 0) is 47.8 Å². The van der Waals surface area contributed by atoms with Crippen molar-refractivity contribution in [3.63, 3.8) is 0 Å². The first-order valence-electron chi connectivity index (χ1n) is 10.3. The maximum absolute atomic E-state index is 11.2. The summed E-state index contributed by atoms with van der Waals surface area (Å²) in [4.78, 5) is 76.5. The zero-order valence-electron chi connectivity index (χ0n) is 19.4. The normalized spacial score (nSPS) is 29.8. The van der Waals surface area contributed by atoms with Crippen LogP contribution in [0.1, 0.15) is 52.4 Å². The van der Waals surface area contributed by atoms with E-state index in [1.54, 1.807) is 0 Å². The van der Waals surface area contributed by atoms with Gasteiger partial charge in [-0.15, -0.1) is 0 Å². The second-order valence-corrected chi connectivity index (χ2v) is 7.48. The van der Waals surface area contributed by atoms with Crippen molar-refractivity contribution < 1.29 is 78.5 Å². The molecule has 0 radical (unpaired) electrons. The summed E-state index contributed by atoms with van der Waals surface area (Å²) in [5.74, 6) is -5.22. The van der Waals surface area contributed by atoms with Crippen molar-refractivity contribution in [2.45, 2.75) is 81.4 Å². The van der Waals surface area contributed by atoms with Crippen LogP contribution in [0.15, 0.2) is 0 Å². The van der Waals surface area contributed by atoms with E-state index in [4.69, 9.17) is 34.5 Å². The molecular formula is C20H28O16. The summed E-state index contributed by atoms with van der Waals surface area (Å²) < 4.78 is 9.02. The smallest absolute Gasteiger partial charge is 0.373 e. The predicted molar refractivity (Wildman–Crippen MR) is 106 cm³/mol. The maximum atomic E-state index is 11.2. The highest BCUT2D eigenvalue weighted by Gasteiger charge is 2.66. The fourth-order valence-corrected chi connectivity index (χ4v) is 3.16. The number of unbranched alkanes of at least 4 members (excludes halogenated alkanes) is 2. The summed E-state index contributed by atoms with van der Waals surface area (Å²) in [6, 6.07) is 0. The molecule has 6 N–H and O–H groups in total. The van der Waals surface area contributed by atoms with Crippen LogP contribution < -0.4 is 0 Å². The number of esters is 2. The number of rotatable bonds is 8. The summed E-state index contributed by atoms with van der Waals surface area (Å²) in [7, 11) is 0. The van der Waals surface area contributed by atoms with Gasteiger partial charge in [0.05, 0.1) is 0 Å². The van der Waals surface area contributed by atoms with Crippen LogP contribution in [0.5, 0.6) is 0 Å². The molecule has 0 aromatic rings. The Morgan fingerprint density at radius 1 is 0.917 bits per heavy atom. The molecule has 2 aliphatic heterocycles. The number of aliphatic carboxylic acids is 2. The molecule has 5 atom stereocenters. The zero-order chi connectivity index (χ0) is 28.7. The molecule has 0 aromatic heterocycles. The van der Waals surface area contributed by atoms with Crippen LogP contribution in [0.2, 0.25) is 0 Å². The Balaban J connectivity index is 0. The van der Waals surface area contributed by atoms with Gasteiger partial charge in [-0.3, -0.25) is 0 Å². The Morgan fingerprint density at radius 3 is 1.69 bits per heavy atom. The molecule has 0 aromatic carbocycles. The minimum absolute atomic E-state index is 0.00278. The van der Waals surface area contributed by atoms with E-state index >= 15 is 0 Å². The number of cyclic esters (lactones) is 2. The molecule has 0 aliphatic carbocycles. The molecule has 2 aliphatic rings. The molecule has 0 amide bonds. The van der Waals surface area contributed by atoms with Gasteiger partial charge in [-0.25, -0.2) is 19.2 Å². The lowest BCUT2D eigenvalue weighted by atomic mass is 9.81. The van der Waals surface area contributed by atoms with Gasteiger partial charge in [-0.05, 0) is 12.8 Å². The van der Waals surface area contributed by atoms with E-state index in [1.807, 2.05) is 13.8 Å². The van der Waals surface area contributed by atoms with Gasteiger partial charge in [0.25, 0.3) is 0 Å². The van der Waals surface area contributed by atoms with Gasteiger partial charge >= 0.3 is 36.2 Å². The molecule has 2 heterocycles. The van der Waals surface area contributed by atoms with Gasteiger partial charge in [0.2, 0.25) is 16.8 Å². The average Bonchev–Trinajstić information content (AvgIpc) is 3.18. The highest BCUT2D eigenvalue weighted by molar-refractivity contribution is 5.94. The third-order valence-corrected chi connectivity index (χ3v) is 5.24. The topological polar surface area (TPSA) is 276 Å². The highest BCUT2D eigenvalue weighted by Crippen LogP contribution is 2.35.